The van der Waals surface area contributed by atoms with Crippen LogP contribution in [0.5, 0.6) is 0 Å². The normalized spacial score (nSPS) is 16.6. The Labute approximate surface area is 172 Å². The number of nitrogens with zero attached hydrogens (tertiary/aromatic N) is 4. The van der Waals surface area contributed by atoms with Crippen molar-refractivity contribution in [3.63, 3.8) is 0 Å². The van der Waals surface area contributed by atoms with Crippen LogP contribution < -0.4 is 10.2 Å². The van der Waals surface area contributed by atoms with Crippen LogP contribution in [-0.4, -0.2) is 40.0 Å². The van der Waals surface area contributed by atoms with Gasteiger partial charge in [-0.1, -0.05) is 12.1 Å². The fourth-order valence-electron chi connectivity index (χ4n) is 3.50. The second-order valence-corrected chi connectivity index (χ2v) is 8.22. The summed E-state index contributed by atoms with van der Waals surface area (Å²) in [5.74, 6) is 0.347. The van der Waals surface area contributed by atoms with Crippen LogP contribution in [0.15, 0.2) is 42.7 Å². The quantitative estimate of drug-likeness (QED) is 0.697. The maximum Gasteiger partial charge on any atom is 0.263 e. The zero-order chi connectivity index (χ0) is 20.2. The lowest BCUT2D eigenvalue weighted by Crippen LogP contribution is -2.48. The number of rotatable bonds is 5. The molecule has 29 heavy (non-hydrogen) atoms. The fraction of sp³-hybridized carbons (Fsp3) is 0.333. The van der Waals surface area contributed by atoms with E-state index in [0.29, 0.717) is 23.8 Å². The molecule has 3 aromatic rings. The third kappa shape index (κ3) is 4.76. The van der Waals surface area contributed by atoms with E-state index in [1.54, 1.807) is 30.6 Å². The third-order valence-electron chi connectivity index (χ3n) is 4.91. The van der Waals surface area contributed by atoms with E-state index in [1.165, 1.54) is 23.5 Å². The minimum absolute atomic E-state index is 0.0436. The number of hydrogen-bond acceptors (Lipinski definition) is 6. The molecule has 0 spiro atoms. The zero-order valence-electron chi connectivity index (χ0n) is 16.1. The van der Waals surface area contributed by atoms with Crippen molar-refractivity contribution in [1.82, 2.24) is 20.3 Å². The molecule has 4 rings (SSSR count). The van der Waals surface area contributed by atoms with E-state index < -0.39 is 0 Å². The van der Waals surface area contributed by atoms with Gasteiger partial charge in [0.15, 0.2) is 0 Å². The van der Waals surface area contributed by atoms with Crippen LogP contribution in [0.4, 0.5) is 10.3 Å². The number of amides is 1. The lowest BCUT2D eigenvalue weighted by Gasteiger charge is -2.33. The maximum absolute atomic E-state index is 13.1. The first-order chi connectivity index (χ1) is 14.1. The summed E-state index contributed by atoms with van der Waals surface area (Å²) in [5.41, 5.74) is 1.70. The molecule has 0 saturated carbocycles. The number of benzene rings is 1. The van der Waals surface area contributed by atoms with Crippen LogP contribution in [0.2, 0.25) is 0 Å². The first-order valence-electron chi connectivity index (χ1n) is 9.62. The summed E-state index contributed by atoms with van der Waals surface area (Å²) in [5, 5.41) is 3.99. The standard InChI is InChI=1S/C21H22FN5OS/c1-14-19(29-18(25-14)12-15-5-7-16(22)8-6-15)20(28)26-17-4-2-11-27(13-17)21-23-9-3-10-24-21/h3,5-10,17H,2,4,11-13H2,1H3,(H,26,28)/t17-/m1/s1. The van der Waals surface area contributed by atoms with Crippen molar-refractivity contribution in [3.05, 3.63) is 69.7 Å². The van der Waals surface area contributed by atoms with Gasteiger partial charge in [0.05, 0.1) is 10.7 Å². The van der Waals surface area contributed by atoms with Gasteiger partial charge in [0.25, 0.3) is 5.91 Å². The zero-order valence-corrected chi connectivity index (χ0v) is 17.0. The van der Waals surface area contributed by atoms with Gasteiger partial charge in [-0.05, 0) is 43.5 Å². The summed E-state index contributed by atoms with van der Waals surface area (Å²) < 4.78 is 13.1. The number of piperidine rings is 1. The third-order valence-corrected chi connectivity index (χ3v) is 6.06. The molecule has 150 valence electrons. The van der Waals surface area contributed by atoms with Crippen molar-refractivity contribution in [3.8, 4) is 0 Å². The molecule has 0 radical (unpaired) electrons. The molecular weight excluding hydrogens is 389 g/mol. The number of nitrogens with one attached hydrogen (secondary N) is 1. The largest absolute Gasteiger partial charge is 0.347 e. The van der Waals surface area contributed by atoms with Gasteiger partial charge < -0.3 is 10.2 Å². The van der Waals surface area contributed by atoms with Crippen LogP contribution in [0.1, 0.15) is 38.8 Å². The maximum atomic E-state index is 13.1. The highest BCUT2D eigenvalue weighted by Gasteiger charge is 2.25. The smallest absolute Gasteiger partial charge is 0.263 e. The van der Waals surface area contributed by atoms with Crippen molar-refractivity contribution in [2.75, 3.05) is 18.0 Å². The lowest BCUT2D eigenvalue weighted by atomic mass is 10.1. The van der Waals surface area contributed by atoms with E-state index in [9.17, 15) is 9.18 Å². The molecule has 3 heterocycles. The monoisotopic (exact) mass is 411 g/mol. The summed E-state index contributed by atoms with van der Waals surface area (Å²) in [6.07, 6.45) is 5.94. The molecule has 1 aliphatic rings. The van der Waals surface area contributed by atoms with Gasteiger partial charge in [-0.25, -0.2) is 19.3 Å². The Hall–Kier alpha value is -2.87. The van der Waals surface area contributed by atoms with E-state index >= 15 is 0 Å². The number of thiazole rings is 1. The van der Waals surface area contributed by atoms with Gasteiger partial charge in [0, 0.05) is 37.9 Å². The van der Waals surface area contributed by atoms with Crippen molar-refractivity contribution >= 4 is 23.2 Å². The van der Waals surface area contributed by atoms with Gasteiger partial charge in [-0.2, -0.15) is 0 Å². The topological polar surface area (TPSA) is 71.0 Å². The summed E-state index contributed by atoms with van der Waals surface area (Å²) >= 11 is 1.40. The van der Waals surface area contributed by atoms with Crippen molar-refractivity contribution in [1.29, 1.82) is 0 Å². The lowest BCUT2D eigenvalue weighted by molar-refractivity contribution is 0.0936. The van der Waals surface area contributed by atoms with Crippen molar-refractivity contribution in [2.45, 2.75) is 32.2 Å². The van der Waals surface area contributed by atoms with E-state index in [0.717, 1.165) is 35.7 Å². The number of hydrogen-bond donors (Lipinski definition) is 1. The van der Waals surface area contributed by atoms with Gasteiger partial charge in [0.1, 0.15) is 10.7 Å². The highest BCUT2D eigenvalue weighted by atomic mass is 32.1. The molecule has 1 aromatic carbocycles. The number of carbonyl (C=O) groups is 1. The molecule has 1 fully saturated rings. The number of halogens is 1. The Morgan fingerprint density at radius 3 is 2.79 bits per heavy atom. The average Bonchev–Trinajstić information content (AvgIpc) is 3.11. The summed E-state index contributed by atoms with van der Waals surface area (Å²) in [7, 11) is 0. The Bertz CT molecular complexity index is 976. The van der Waals surface area contributed by atoms with Gasteiger partial charge in [-0.3, -0.25) is 4.79 Å². The van der Waals surface area contributed by atoms with Gasteiger partial charge in [0.2, 0.25) is 5.95 Å². The van der Waals surface area contributed by atoms with E-state index in [1.807, 2.05) is 6.92 Å². The van der Waals surface area contributed by atoms with E-state index in [-0.39, 0.29) is 17.8 Å². The Balaban J connectivity index is 1.40. The molecule has 0 bridgehead atoms. The van der Waals surface area contributed by atoms with Crippen LogP contribution in [-0.2, 0) is 6.42 Å². The highest BCUT2D eigenvalue weighted by Crippen LogP contribution is 2.22. The Kier molecular flexibility index (Phi) is 5.80. The van der Waals surface area contributed by atoms with Crippen molar-refractivity contribution in [2.24, 2.45) is 0 Å². The molecule has 1 amide bonds. The number of anilines is 1. The van der Waals surface area contributed by atoms with Crippen LogP contribution in [0.25, 0.3) is 0 Å². The van der Waals surface area contributed by atoms with Crippen LogP contribution in [0.3, 0.4) is 0 Å². The second-order valence-electron chi connectivity index (χ2n) is 7.13. The molecule has 1 N–H and O–H groups in total. The summed E-state index contributed by atoms with van der Waals surface area (Å²) in [4.78, 5) is 28.7. The minimum atomic E-state index is -0.258. The molecule has 6 nitrogen and oxygen atoms in total. The minimum Gasteiger partial charge on any atom is -0.347 e. The van der Waals surface area contributed by atoms with E-state index in [2.05, 4.69) is 25.2 Å². The van der Waals surface area contributed by atoms with Crippen molar-refractivity contribution < 1.29 is 9.18 Å². The summed E-state index contributed by atoms with van der Waals surface area (Å²) in [6.45, 7) is 3.43. The molecule has 0 unspecified atom stereocenters. The van der Waals surface area contributed by atoms with Crippen LogP contribution in [0, 0.1) is 12.7 Å². The first-order valence-corrected chi connectivity index (χ1v) is 10.4. The van der Waals surface area contributed by atoms with Crippen LogP contribution >= 0.6 is 11.3 Å². The second kappa shape index (κ2) is 8.65. The molecule has 2 aromatic heterocycles. The molecular formula is C21H22FN5OS. The SMILES string of the molecule is Cc1nc(Cc2ccc(F)cc2)sc1C(=O)N[C@@H]1CCCN(c2ncccn2)C1. The molecule has 1 atom stereocenters. The first kappa shape index (κ1) is 19.4. The number of aromatic nitrogens is 3. The number of carbonyl (C=O) groups excluding carboxylic acids is 1. The Morgan fingerprint density at radius 2 is 2.03 bits per heavy atom. The fourth-order valence-corrected chi connectivity index (χ4v) is 4.50. The predicted molar refractivity (Wildman–Crippen MR) is 111 cm³/mol. The average molecular weight is 412 g/mol. The molecule has 0 aliphatic carbocycles. The summed E-state index contributed by atoms with van der Waals surface area (Å²) in [6, 6.07) is 8.20. The Morgan fingerprint density at radius 1 is 1.28 bits per heavy atom. The molecule has 1 aliphatic heterocycles. The van der Waals surface area contributed by atoms with Gasteiger partial charge >= 0.3 is 0 Å². The molecule has 8 heteroatoms. The number of aryl methyl sites for hydroxylation is 1. The molecule has 1 saturated heterocycles. The predicted octanol–water partition coefficient (Wildman–Crippen LogP) is 3.37. The highest BCUT2D eigenvalue weighted by molar-refractivity contribution is 7.13. The van der Waals surface area contributed by atoms with Gasteiger partial charge in [-0.15, -0.1) is 11.3 Å². The van der Waals surface area contributed by atoms with E-state index in [4.69, 9.17) is 0 Å².